The highest BCUT2D eigenvalue weighted by Crippen LogP contribution is 2.12. The van der Waals surface area contributed by atoms with E-state index in [9.17, 15) is 9.59 Å². The number of aliphatic hydroxyl groups excluding tert-OH is 1. The smallest absolute Gasteiger partial charge is 0.409 e. The molecule has 1 saturated heterocycles. The Morgan fingerprint density at radius 3 is 2.58 bits per heavy atom. The van der Waals surface area contributed by atoms with Crippen LogP contribution in [0.2, 0.25) is 0 Å². The van der Waals surface area contributed by atoms with E-state index < -0.39 is 6.10 Å². The second-order valence-corrected chi connectivity index (χ2v) is 4.92. The van der Waals surface area contributed by atoms with Gasteiger partial charge in [-0.05, 0) is 33.1 Å². The van der Waals surface area contributed by atoms with Crippen molar-refractivity contribution >= 4 is 12.0 Å². The van der Waals surface area contributed by atoms with Gasteiger partial charge in [0.25, 0.3) is 0 Å². The summed E-state index contributed by atoms with van der Waals surface area (Å²) < 4.78 is 4.93. The van der Waals surface area contributed by atoms with Crippen LogP contribution in [-0.4, -0.2) is 53.8 Å². The van der Waals surface area contributed by atoms with E-state index in [0.29, 0.717) is 32.5 Å². The SMILES string of the molecule is CCOC(=O)N1CCC(NC(=O)CCC(C)O)CC1. The van der Waals surface area contributed by atoms with Crippen LogP contribution in [0.25, 0.3) is 0 Å². The Balaban J connectivity index is 2.22. The summed E-state index contributed by atoms with van der Waals surface area (Å²) >= 11 is 0. The lowest BCUT2D eigenvalue weighted by Gasteiger charge is -2.31. The largest absolute Gasteiger partial charge is 0.450 e. The lowest BCUT2D eigenvalue weighted by Crippen LogP contribution is -2.46. The zero-order valence-electron chi connectivity index (χ0n) is 11.7. The summed E-state index contributed by atoms with van der Waals surface area (Å²) in [5, 5.41) is 12.1. The van der Waals surface area contributed by atoms with Crippen molar-refractivity contribution in [2.45, 2.75) is 51.7 Å². The highest BCUT2D eigenvalue weighted by atomic mass is 16.6. The topological polar surface area (TPSA) is 78.9 Å². The summed E-state index contributed by atoms with van der Waals surface area (Å²) in [5.41, 5.74) is 0. The second kappa shape index (κ2) is 7.99. The van der Waals surface area contributed by atoms with Crippen LogP contribution in [0.5, 0.6) is 0 Å². The molecule has 0 spiro atoms. The van der Waals surface area contributed by atoms with E-state index in [-0.39, 0.29) is 18.0 Å². The summed E-state index contributed by atoms with van der Waals surface area (Å²) in [7, 11) is 0. The number of ether oxygens (including phenoxy) is 1. The Hall–Kier alpha value is -1.30. The van der Waals surface area contributed by atoms with Crippen LogP contribution in [0.4, 0.5) is 4.79 Å². The first-order valence-corrected chi connectivity index (χ1v) is 6.92. The van der Waals surface area contributed by atoms with Crippen molar-refractivity contribution in [2.75, 3.05) is 19.7 Å². The molecule has 1 atom stereocenters. The molecule has 2 amide bonds. The molecule has 2 N–H and O–H groups in total. The zero-order chi connectivity index (χ0) is 14.3. The van der Waals surface area contributed by atoms with Crippen LogP contribution < -0.4 is 5.32 Å². The van der Waals surface area contributed by atoms with Gasteiger partial charge in [-0.25, -0.2) is 4.79 Å². The molecule has 1 unspecified atom stereocenters. The molecule has 0 aliphatic carbocycles. The molecule has 0 aromatic carbocycles. The number of hydrogen-bond donors (Lipinski definition) is 2. The van der Waals surface area contributed by atoms with Crippen LogP contribution in [0.15, 0.2) is 0 Å². The minimum atomic E-state index is -0.448. The van der Waals surface area contributed by atoms with Gasteiger partial charge in [-0.2, -0.15) is 0 Å². The number of nitrogens with one attached hydrogen (secondary N) is 1. The van der Waals surface area contributed by atoms with E-state index in [1.807, 2.05) is 0 Å². The number of amides is 2. The summed E-state index contributed by atoms with van der Waals surface area (Å²) in [5.74, 6) is -0.0320. The highest BCUT2D eigenvalue weighted by Gasteiger charge is 2.24. The molecule has 6 nitrogen and oxygen atoms in total. The molecule has 0 aromatic rings. The van der Waals surface area contributed by atoms with Crippen LogP contribution in [0.3, 0.4) is 0 Å². The van der Waals surface area contributed by atoms with E-state index in [4.69, 9.17) is 9.84 Å². The van der Waals surface area contributed by atoms with Gasteiger partial charge in [0.05, 0.1) is 12.7 Å². The van der Waals surface area contributed by atoms with E-state index >= 15 is 0 Å². The van der Waals surface area contributed by atoms with Crippen molar-refractivity contribution in [3.05, 3.63) is 0 Å². The van der Waals surface area contributed by atoms with Crippen LogP contribution in [0.1, 0.15) is 39.5 Å². The van der Waals surface area contributed by atoms with E-state index in [1.165, 1.54) is 0 Å². The summed E-state index contributed by atoms with van der Waals surface area (Å²) in [6.07, 6.45) is 1.60. The number of aliphatic hydroxyl groups is 1. The second-order valence-electron chi connectivity index (χ2n) is 4.92. The molecule has 1 fully saturated rings. The van der Waals surface area contributed by atoms with Crippen molar-refractivity contribution in [3.63, 3.8) is 0 Å². The minimum absolute atomic E-state index is 0.0320. The molecule has 1 aliphatic heterocycles. The number of carbonyl (C=O) groups is 2. The molecule has 6 heteroatoms. The molecule has 0 aromatic heterocycles. The first-order valence-electron chi connectivity index (χ1n) is 6.92. The first-order chi connectivity index (χ1) is 9.02. The maximum absolute atomic E-state index is 11.6. The van der Waals surface area contributed by atoms with Gasteiger partial charge in [-0.15, -0.1) is 0 Å². The third-order valence-corrected chi connectivity index (χ3v) is 3.18. The van der Waals surface area contributed by atoms with E-state index in [1.54, 1.807) is 18.7 Å². The van der Waals surface area contributed by atoms with Crippen LogP contribution >= 0.6 is 0 Å². The molecular formula is C13H24N2O4. The number of nitrogens with zero attached hydrogens (tertiary/aromatic N) is 1. The standard InChI is InChI=1S/C13H24N2O4/c1-3-19-13(18)15-8-6-11(7-9-15)14-12(17)5-4-10(2)16/h10-11,16H,3-9H2,1-2H3,(H,14,17). The summed E-state index contributed by atoms with van der Waals surface area (Å²) in [4.78, 5) is 24.8. The van der Waals surface area contributed by atoms with Crippen molar-refractivity contribution in [3.8, 4) is 0 Å². The minimum Gasteiger partial charge on any atom is -0.450 e. The molecule has 0 bridgehead atoms. The highest BCUT2D eigenvalue weighted by molar-refractivity contribution is 5.76. The Morgan fingerprint density at radius 1 is 1.42 bits per heavy atom. The number of rotatable bonds is 5. The first kappa shape index (κ1) is 15.8. The number of hydrogen-bond acceptors (Lipinski definition) is 4. The quantitative estimate of drug-likeness (QED) is 0.779. The molecular weight excluding hydrogens is 248 g/mol. The summed E-state index contributed by atoms with van der Waals surface area (Å²) in [6, 6.07) is 0.118. The third-order valence-electron chi connectivity index (χ3n) is 3.18. The average molecular weight is 272 g/mol. The maximum atomic E-state index is 11.6. The maximum Gasteiger partial charge on any atom is 0.409 e. The van der Waals surface area contributed by atoms with Gasteiger partial charge in [-0.3, -0.25) is 4.79 Å². The third kappa shape index (κ3) is 5.92. The molecule has 110 valence electrons. The van der Waals surface area contributed by atoms with Gasteiger partial charge in [0.1, 0.15) is 0 Å². The van der Waals surface area contributed by atoms with Gasteiger partial charge in [0, 0.05) is 25.6 Å². The average Bonchev–Trinajstić information content (AvgIpc) is 2.37. The fourth-order valence-electron chi connectivity index (χ4n) is 2.06. The van der Waals surface area contributed by atoms with E-state index in [2.05, 4.69) is 5.32 Å². The number of carbonyl (C=O) groups excluding carboxylic acids is 2. The number of likely N-dealkylation sites (tertiary alicyclic amines) is 1. The Bertz CT molecular complexity index is 299. The monoisotopic (exact) mass is 272 g/mol. The molecule has 0 saturated carbocycles. The Labute approximate surface area is 114 Å². The Kier molecular flexibility index (Phi) is 6.62. The summed E-state index contributed by atoms with van der Waals surface area (Å²) in [6.45, 7) is 5.06. The molecule has 1 heterocycles. The Morgan fingerprint density at radius 2 is 2.05 bits per heavy atom. The van der Waals surface area contributed by atoms with Crippen molar-refractivity contribution in [1.82, 2.24) is 10.2 Å². The molecule has 0 radical (unpaired) electrons. The molecule has 19 heavy (non-hydrogen) atoms. The lowest BCUT2D eigenvalue weighted by atomic mass is 10.0. The van der Waals surface area contributed by atoms with Crippen molar-refractivity contribution in [1.29, 1.82) is 0 Å². The van der Waals surface area contributed by atoms with Gasteiger partial charge in [-0.1, -0.05) is 0 Å². The fourth-order valence-corrected chi connectivity index (χ4v) is 2.06. The normalized spacial score (nSPS) is 17.9. The molecule has 1 aliphatic rings. The van der Waals surface area contributed by atoms with Crippen molar-refractivity contribution < 1.29 is 19.4 Å². The lowest BCUT2D eigenvalue weighted by molar-refractivity contribution is -0.122. The van der Waals surface area contributed by atoms with Gasteiger partial charge in [0.2, 0.25) is 5.91 Å². The predicted octanol–water partition coefficient (Wildman–Crippen LogP) is 0.884. The molecule has 1 rings (SSSR count). The van der Waals surface area contributed by atoms with E-state index in [0.717, 1.165) is 12.8 Å². The zero-order valence-corrected chi connectivity index (χ0v) is 11.7. The predicted molar refractivity (Wildman–Crippen MR) is 70.7 cm³/mol. The van der Waals surface area contributed by atoms with Crippen LogP contribution in [0, 0.1) is 0 Å². The van der Waals surface area contributed by atoms with Gasteiger partial charge in [0.15, 0.2) is 0 Å². The van der Waals surface area contributed by atoms with Gasteiger partial charge < -0.3 is 20.1 Å². The van der Waals surface area contributed by atoms with Gasteiger partial charge >= 0.3 is 6.09 Å². The number of piperidine rings is 1. The fraction of sp³-hybridized carbons (Fsp3) is 0.846. The van der Waals surface area contributed by atoms with Crippen LogP contribution in [-0.2, 0) is 9.53 Å². The van der Waals surface area contributed by atoms with Crippen molar-refractivity contribution in [2.24, 2.45) is 0 Å².